The lowest BCUT2D eigenvalue weighted by atomic mass is 10.0. The van der Waals surface area contributed by atoms with Crippen LogP contribution in [0.3, 0.4) is 0 Å². The first-order valence-electron chi connectivity index (χ1n) is 7.19. The molecule has 114 valence electrons. The van der Waals surface area contributed by atoms with Crippen molar-refractivity contribution in [2.45, 2.75) is 39.2 Å². The van der Waals surface area contributed by atoms with Gasteiger partial charge in [-0.2, -0.15) is 4.31 Å². The Morgan fingerprint density at radius 2 is 1.89 bits per heavy atom. The highest BCUT2D eigenvalue weighted by molar-refractivity contribution is 7.89. The molecular formula is C13H29N3O2S. The van der Waals surface area contributed by atoms with Gasteiger partial charge >= 0.3 is 0 Å². The van der Waals surface area contributed by atoms with Crippen LogP contribution < -0.4 is 5.32 Å². The van der Waals surface area contributed by atoms with Crippen molar-refractivity contribution < 1.29 is 8.42 Å². The third kappa shape index (κ3) is 5.02. The van der Waals surface area contributed by atoms with Gasteiger partial charge < -0.3 is 5.32 Å². The average molecular weight is 291 g/mol. The summed E-state index contributed by atoms with van der Waals surface area (Å²) in [6.07, 6.45) is 1.77. The molecule has 1 fully saturated rings. The van der Waals surface area contributed by atoms with Gasteiger partial charge in [0, 0.05) is 25.2 Å². The van der Waals surface area contributed by atoms with Crippen molar-refractivity contribution in [3.8, 4) is 0 Å². The number of hydrogen-bond donors (Lipinski definition) is 1. The first-order chi connectivity index (χ1) is 8.79. The smallest absolute Gasteiger partial charge is 0.214 e. The van der Waals surface area contributed by atoms with E-state index in [4.69, 9.17) is 0 Å². The van der Waals surface area contributed by atoms with Crippen LogP contribution in [0.2, 0.25) is 0 Å². The van der Waals surface area contributed by atoms with E-state index < -0.39 is 10.0 Å². The predicted octanol–water partition coefficient (Wildman–Crippen LogP) is 0.732. The van der Waals surface area contributed by atoms with Gasteiger partial charge in [-0.25, -0.2) is 8.42 Å². The van der Waals surface area contributed by atoms with Gasteiger partial charge in [0.1, 0.15) is 0 Å². The van der Waals surface area contributed by atoms with Gasteiger partial charge in [0.25, 0.3) is 0 Å². The summed E-state index contributed by atoms with van der Waals surface area (Å²) in [5.74, 6) is 0.253. The van der Waals surface area contributed by atoms with Crippen LogP contribution in [-0.4, -0.2) is 68.7 Å². The highest BCUT2D eigenvalue weighted by Gasteiger charge is 2.36. The SMILES string of the molecule is CCCNCCCS(=O)(=O)N1CCN(C)C(C)(C)C1. The summed E-state index contributed by atoms with van der Waals surface area (Å²) in [6, 6.07) is 0. The number of likely N-dealkylation sites (N-methyl/N-ethyl adjacent to an activating group) is 1. The molecule has 0 aliphatic carbocycles. The van der Waals surface area contributed by atoms with Gasteiger partial charge in [0.15, 0.2) is 0 Å². The Hall–Kier alpha value is -0.170. The van der Waals surface area contributed by atoms with Crippen LogP contribution in [0.15, 0.2) is 0 Å². The van der Waals surface area contributed by atoms with Crippen LogP contribution in [0.25, 0.3) is 0 Å². The highest BCUT2D eigenvalue weighted by atomic mass is 32.2. The van der Waals surface area contributed by atoms with E-state index in [1.54, 1.807) is 4.31 Å². The second kappa shape index (κ2) is 7.02. The van der Waals surface area contributed by atoms with Crippen molar-refractivity contribution in [3.63, 3.8) is 0 Å². The molecule has 0 unspecified atom stereocenters. The second-order valence-corrected chi connectivity index (χ2v) is 8.08. The number of nitrogens with one attached hydrogen (secondary N) is 1. The topological polar surface area (TPSA) is 52.7 Å². The molecule has 1 N–H and O–H groups in total. The average Bonchev–Trinajstić information content (AvgIpc) is 2.32. The first-order valence-corrected chi connectivity index (χ1v) is 8.80. The lowest BCUT2D eigenvalue weighted by molar-refractivity contribution is 0.0801. The summed E-state index contributed by atoms with van der Waals surface area (Å²) < 4.78 is 26.2. The van der Waals surface area contributed by atoms with Gasteiger partial charge in [-0.05, 0) is 46.8 Å². The van der Waals surface area contributed by atoms with E-state index in [0.29, 0.717) is 19.5 Å². The number of nitrogens with zero attached hydrogens (tertiary/aromatic N) is 2. The molecule has 5 nitrogen and oxygen atoms in total. The van der Waals surface area contributed by atoms with Crippen molar-refractivity contribution in [2.24, 2.45) is 0 Å². The molecule has 1 rings (SSSR count). The summed E-state index contributed by atoms with van der Waals surface area (Å²) in [7, 11) is -1.04. The van der Waals surface area contributed by atoms with Crippen LogP contribution in [0.1, 0.15) is 33.6 Å². The van der Waals surface area contributed by atoms with Crippen molar-refractivity contribution in [2.75, 3.05) is 45.5 Å². The zero-order valence-electron chi connectivity index (χ0n) is 12.8. The summed E-state index contributed by atoms with van der Waals surface area (Å²) in [4.78, 5) is 2.22. The molecule has 0 spiro atoms. The maximum absolute atomic E-state index is 12.3. The quantitative estimate of drug-likeness (QED) is 0.703. The Morgan fingerprint density at radius 1 is 1.21 bits per heavy atom. The summed E-state index contributed by atoms with van der Waals surface area (Å²) in [5, 5.41) is 3.24. The molecule has 1 heterocycles. The lowest BCUT2D eigenvalue weighted by Gasteiger charge is -2.44. The molecule has 0 aromatic carbocycles. The summed E-state index contributed by atoms with van der Waals surface area (Å²) in [6.45, 7) is 10.1. The molecule has 0 aromatic heterocycles. The molecule has 0 saturated carbocycles. The first kappa shape index (κ1) is 16.9. The lowest BCUT2D eigenvalue weighted by Crippen LogP contribution is -2.59. The Balaban J connectivity index is 2.45. The van der Waals surface area contributed by atoms with Crippen LogP contribution in [0, 0.1) is 0 Å². The zero-order chi connectivity index (χ0) is 14.5. The predicted molar refractivity (Wildman–Crippen MR) is 79.8 cm³/mol. The van der Waals surface area contributed by atoms with Crippen LogP contribution in [-0.2, 0) is 10.0 Å². The normalized spacial score (nSPS) is 21.7. The third-order valence-electron chi connectivity index (χ3n) is 3.86. The van der Waals surface area contributed by atoms with E-state index in [2.05, 4.69) is 38.0 Å². The monoisotopic (exact) mass is 291 g/mol. The maximum atomic E-state index is 12.3. The summed E-state index contributed by atoms with van der Waals surface area (Å²) in [5.41, 5.74) is -0.0776. The van der Waals surface area contributed by atoms with Crippen molar-refractivity contribution in [3.05, 3.63) is 0 Å². The molecule has 0 amide bonds. The van der Waals surface area contributed by atoms with Crippen molar-refractivity contribution >= 4 is 10.0 Å². The second-order valence-electron chi connectivity index (χ2n) is 5.99. The van der Waals surface area contributed by atoms with Gasteiger partial charge in [0.2, 0.25) is 10.0 Å². The van der Waals surface area contributed by atoms with E-state index in [0.717, 1.165) is 26.1 Å². The molecule has 1 saturated heterocycles. The van der Waals surface area contributed by atoms with E-state index in [9.17, 15) is 8.42 Å². The number of sulfonamides is 1. The molecule has 1 aliphatic heterocycles. The van der Waals surface area contributed by atoms with E-state index in [1.165, 1.54) is 0 Å². The summed E-state index contributed by atoms with van der Waals surface area (Å²) >= 11 is 0. The molecule has 0 aromatic rings. The highest BCUT2D eigenvalue weighted by Crippen LogP contribution is 2.21. The molecule has 6 heteroatoms. The van der Waals surface area contributed by atoms with Gasteiger partial charge in [-0.15, -0.1) is 0 Å². The van der Waals surface area contributed by atoms with Crippen LogP contribution in [0.4, 0.5) is 0 Å². The fourth-order valence-electron chi connectivity index (χ4n) is 2.24. The van der Waals surface area contributed by atoms with E-state index in [-0.39, 0.29) is 11.3 Å². The van der Waals surface area contributed by atoms with Gasteiger partial charge in [0.05, 0.1) is 5.75 Å². The van der Waals surface area contributed by atoms with E-state index >= 15 is 0 Å². The molecular weight excluding hydrogens is 262 g/mol. The standard InChI is InChI=1S/C13H29N3O2S/c1-5-7-14-8-6-11-19(17,18)16-10-9-15(4)13(2,3)12-16/h14H,5-12H2,1-4H3. The third-order valence-corrected chi connectivity index (χ3v) is 5.76. The zero-order valence-corrected chi connectivity index (χ0v) is 13.6. The largest absolute Gasteiger partial charge is 0.317 e. The minimum atomic E-state index is -3.10. The number of piperazine rings is 1. The van der Waals surface area contributed by atoms with Crippen molar-refractivity contribution in [1.82, 2.24) is 14.5 Å². The maximum Gasteiger partial charge on any atom is 0.214 e. The minimum absolute atomic E-state index is 0.0776. The van der Waals surface area contributed by atoms with Crippen LogP contribution in [0.5, 0.6) is 0 Å². The Kier molecular flexibility index (Phi) is 6.23. The van der Waals surface area contributed by atoms with Gasteiger partial charge in [-0.3, -0.25) is 4.90 Å². The fourth-order valence-corrected chi connectivity index (χ4v) is 3.88. The molecule has 19 heavy (non-hydrogen) atoms. The Morgan fingerprint density at radius 3 is 2.47 bits per heavy atom. The molecule has 1 aliphatic rings. The van der Waals surface area contributed by atoms with E-state index in [1.807, 2.05) is 0 Å². The van der Waals surface area contributed by atoms with Crippen molar-refractivity contribution in [1.29, 1.82) is 0 Å². The Labute approximate surface area is 118 Å². The number of rotatable bonds is 7. The van der Waals surface area contributed by atoms with Crippen LogP contribution >= 0.6 is 0 Å². The molecule has 0 bridgehead atoms. The fraction of sp³-hybridized carbons (Fsp3) is 1.00. The number of hydrogen-bond acceptors (Lipinski definition) is 4. The van der Waals surface area contributed by atoms with Gasteiger partial charge in [-0.1, -0.05) is 6.92 Å². The minimum Gasteiger partial charge on any atom is -0.317 e. The molecule has 0 atom stereocenters. The Bertz CT molecular complexity index is 368. The molecule has 0 radical (unpaired) electrons.